The van der Waals surface area contributed by atoms with Crippen LogP contribution in [-0.4, -0.2) is 48.6 Å². The van der Waals surface area contributed by atoms with E-state index in [2.05, 4.69) is 24.8 Å². The highest BCUT2D eigenvalue weighted by atomic mass is 19.4. The van der Waals surface area contributed by atoms with Crippen molar-refractivity contribution in [3.05, 3.63) is 35.9 Å². The predicted molar refractivity (Wildman–Crippen MR) is 105 cm³/mol. The monoisotopic (exact) mass is 468 g/mol. The first kappa shape index (κ1) is 26.8. The second kappa shape index (κ2) is 11.4. The molecule has 1 aromatic carbocycles. The van der Waals surface area contributed by atoms with Crippen molar-refractivity contribution in [1.82, 2.24) is 9.97 Å². The Labute approximate surface area is 180 Å². The number of anilines is 2. The Morgan fingerprint density at radius 3 is 1.78 bits per heavy atom. The molecule has 0 aliphatic carbocycles. The zero-order chi connectivity index (χ0) is 24.5. The van der Waals surface area contributed by atoms with Crippen LogP contribution in [0.1, 0.15) is 19.4 Å². The van der Waals surface area contributed by atoms with E-state index in [0.29, 0.717) is 11.8 Å². The van der Waals surface area contributed by atoms with Crippen LogP contribution in [-0.2, 0) is 0 Å². The molecule has 0 bridgehead atoms. The van der Waals surface area contributed by atoms with Crippen LogP contribution in [0.3, 0.4) is 0 Å². The number of hydrogen-bond donors (Lipinski definition) is 1. The molecule has 0 unspecified atom stereocenters. The van der Waals surface area contributed by atoms with E-state index in [4.69, 9.17) is 0 Å². The normalized spacial score (nSPS) is 11.2. The first-order chi connectivity index (χ1) is 14.8. The summed E-state index contributed by atoms with van der Waals surface area (Å²) in [6, 6.07) is 6.60. The van der Waals surface area contributed by atoms with Crippen molar-refractivity contribution in [2.45, 2.75) is 33.1 Å². The van der Waals surface area contributed by atoms with Gasteiger partial charge in [0, 0.05) is 12.7 Å². The van der Waals surface area contributed by atoms with Gasteiger partial charge in [0.25, 0.3) is 0 Å². The van der Waals surface area contributed by atoms with Gasteiger partial charge in [-0.1, -0.05) is 31.5 Å². The number of nitrogens with one attached hydrogen (secondary N) is 1. The van der Waals surface area contributed by atoms with Gasteiger partial charge in [0.15, 0.2) is 13.2 Å². The Balaban J connectivity index is 0.00000249. The van der Waals surface area contributed by atoms with Crippen molar-refractivity contribution in [3.63, 3.8) is 0 Å². The number of amides is 2. The van der Waals surface area contributed by atoms with E-state index in [0.717, 1.165) is 10.5 Å². The highest BCUT2D eigenvalue weighted by Crippen LogP contribution is 2.24. The van der Waals surface area contributed by atoms with Crippen molar-refractivity contribution in [3.8, 4) is 11.8 Å². The van der Waals surface area contributed by atoms with Crippen molar-refractivity contribution < 1.29 is 40.6 Å². The lowest BCUT2D eigenvalue weighted by Gasteiger charge is -2.18. The lowest BCUT2D eigenvalue weighted by atomic mass is 10.2. The Hall–Kier alpha value is -3.25. The zero-order valence-corrected chi connectivity index (χ0v) is 17.6. The zero-order valence-electron chi connectivity index (χ0n) is 17.6. The van der Waals surface area contributed by atoms with Gasteiger partial charge in [0.2, 0.25) is 17.7 Å². The summed E-state index contributed by atoms with van der Waals surface area (Å²) in [4.78, 5) is 20.6. The summed E-state index contributed by atoms with van der Waals surface area (Å²) in [7, 11) is 1.39. The lowest BCUT2D eigenvalue weighted by molar-refractivity contribution is -0.154. The van der Waals surface area contributed by atoms with E-state index < -0.39 is 49.3 Å². The first-order valence-corrected chi connectivity index (χ1v) is 9.22. The Kier molecular flexibility index (Phi) is 9.54. The lowest BCUT2D eigenvalue weighted by Crippen LogP contribution is -2.32. The van der Waals surface area contributed by atoms with Gasteiger partial charge in [0.1, 0.15) is 0 Å². The molecule has 1 N–H and O–H groups in total. The Morgan fingerprint density at radius 2 is 1.38 bits per heavy atom. The summed E-state index contributed by atoms with van der Waals surface area (Å²) in [5.41, 5.74) is 1.41. The number of nitrogens with zero attached hydrogens (tertiary/aromatic N) is 3. The number of carbonyl (C=O) groups is 1. The minimum Gasteiger partial charge on any atom is -0.468 e. The summed E-state index contributed by atoms with van der Waals surface area (Å²) >= 11 is 0. The predicted octanol–water partition coefficient (Wildman–Crippen LogP) is 5.36. The number of halogens is 6. The van der Waals surface area contributed by atoms with Crippen LogP contribution in [0.25, 0.3) is 0 Å². The van der Waals surface area contributed by atoms with E-state index in [-0.39, 0.29) is 0 Å². The van der Waals surface area contributed by atoms with E-state index in [1.54, 1.807) is 24.3 Å². The number of benzene rings is 1. The van der Waals surface area contributed by atoms with Crippen molar-refractivity contribution >= 4 is 17.7 Å². The summed E-state index contributed by atoms with van der Waals surface area (Å²) in [6.45, 7) is 2.34. The number of alkyl halides is 6. The molecule has 32 heavy (non-hydrogen) atoms. The van der Waals surface area contributed by atoms with Crippen LogP contribution in [0, 0.1) is 6.92 Å². The highest BCUT2D eigenvalue weighted by Gasteiger charge is 2.30. The number of aryl methyl sites for hydroxylation is 1. The summed E-state index contributed by atoms with van der Waals surface area (Å²) in [6.07, 6.45) is -9.43. The molecule has 7 nitrogen and oxygen atoms in total. The van der Waals surface area contributed by atoms with E-state index in [9.17, 15) is 31.1 Å². The van der Waals surface area contributed by atoms with Crippen LogP contribution in [0.15, 0.2) is 30.3 Å². The van der Waals surface area contributed by atoms with E-state index >= 15 is 0 Å². The number of ether oxygens (including phenoxy) is 2. The molecule has 0 radical (unpaired) electrons. The molecule has 2 amide bonds. The van der Waals surface area contributed by atoms with Crippen LogP contribution in [0.4, 0.5) is 42.8 Å². The number of urea groups is 1. The van der Waals surface area contributed by atoms with Crippen molar-refractivity contribution in [2.75, 3.05) is 30.5 Å². The van der Waals surface area contributed by atoms with Gasteiger partial charge < -0.3 is 9.47 Å². The van der Waals surface area contributed by atoms with Gasteiger partial charge in [-0.25, -0.2) is 4.79 Å². The SMILES string of the molecule is CC.Cc1ccc(N(C)C(=O)Nc2nc(OCC(F)(F)F)cc(OCC(F)(F)F)n2)cc1. The quantitative estimate of drug-likeness (QED) is 0.578. The maximum atomic E-state index is 12.4. The topological polar surface area (TPSA) is 76.6 Å². The summed E-state index contributed by atoms with van der Waals surface area (Å²) in [5.74, 6) is -2.06. The number of carbonyl (C=O) groups excluding carboxylic acids is 1. The number of aromatic nitrogens is 2. The van der Waals surface area contributed by atoms with E-state index in [1.807, 2.05) is 20.8 Å². The van der Waals surface area contributed by atoms with E-state index in [1.165, 1.54) is 7.05 Å². The van der Waals surface area contributed by atoms with Gasteiger partial charge >= 0.3 is 18.4 Å². The van der Waals surface area contributed by atoms with Gasteiger partial charge in [-0.3, -0.25) is 10.2 Å². The molecule has 0 saturated carbocycles. The molecular weight excluding hydrogens is 446 g/mol. The van der Waals surface area contributed by atoms with Gasteiger partial charge in [0.05, 0.1) is 6.07 Å². The highest BCUT2D eigenvalue weighted by molar-refractivity contribution is 6.00. The molecule has 1 aromatic heterocycles. The molecule has 13 heteroatoms. The molecule has 2 aromatic rings. The molecule has 0 aliphatic heterocycles. The maximum Gasteiger partial charge on any atom is 0.422 e. The molecule has 0 saturated heterocycles. The van der Waals surface area contributed by atoms with Crippen molar-refractivity contribution in [2.24, 2.45) is 0 Å². The summed E-state index contributed by atoms with van der Waals surface area (Å²) in [5, 5.41) is 2.17. The average molecular weight is 468 g/mol. The smallest absolute Gasteiger partial charge is 0.422 e. The number of hydrogen-bond acceptors (Lipinski definition) is 5. The molecule has 178 valence electrons. The molecule has 0 spiro atoms. The fourth-order valence-electron chi connectivity index (χ4n) is 1.98. The molecule has 0 aliphatic rings. The maximum absolute atomic E-state index is 12.4. The van der Waals surface area contributed by atoms with Gasteiger partial charge in [-0.2, -0.15) is 36.3 Å². The van der Waals surface area contributed by atoms with Crippen molar-refractivity contribution in [1.29, 1.82) is 0 Å². The minimum atomic E-state index is -4.72. The standard InChI is InChI=1S/C17H16F6N4O3.C2H6/c1-10-3-5-11(6-4-10)27(2)15(28)26-14-24-12(29-8-16(18,19)20)7-13(25-14)30-9-17(21,22)23;1-2/h3-7H,8-9H2,1-2H3,(H,24,25,26,28);1-2H3. The van der Waals surface area contributed by atoms with Crippen LogP contribution in [0.5, 0.6) is 11.8 Å². The molecular formula is C19H22F6N4O3. The Bertz CT molecular complexity index is 837. The molecule has 0 fully saturated rings. The average Bonchev–Trinajstić information content (AvgIpc) is 2.71. The number of rotatable bonds is 6. The fourth-order valence-corrected chi connectivity index (χ4v) is 1.98. The fraction of sp³-hybridized carbons (Fsp3) is 0.421. The summed E-state index contributed by atoms with van der Waals surface area (Å²) < 4.78 is 83.0. The van der Waals surface area contributed by atoms with Gasteiger partial charge in [-0.05, 0) is 19.1 Å². The third-order valence-corrected chi connectivity index (χ3v) is 3.39. The second-order valence-electron chi connectivity index (χ2n) is 6.00. The molecule has 1 heterocycles. The van der Waals surface area contributed by atoms with Gasteiger partial charge in [-0.15, -0.1) is 0 Å². The van der Waals surface area contributed by atoms with Crippen LogP contribution in [0.2, 0.25) is 0 Å². The van der Waals surface area contributed by atoms with Crippen LogP contribution < -0.4 is 19.7 Å². The molecule has 2 rings (SSSR count). The largest absolute Gasteiger partial charge is 0.468 e. The Morgan fingerprint density at radius 1 is 0.938 bits per heavy atom. The molecule has 0 atom stereocenters. The first-order valence-electron chi connectivity index (χ1n) is 9.22. The van der Waals surface area contributed by atoms with Crippen LogP contribution >= 0.6 is 0 Å². The second-order valence-corrected chi connectivity index (χ2v) is 6.00. The third-order valence-electron chi connectivity index (χ3n) is 3.39. The minimum absolute atomic E-state index is 0.469. The third kappa shape index (κ3) is 9.71.